The van der Waals surface area contributed by atoms with Crippen LogP contribution in [0.1, 0.15) is 18.4 Å². The Labute approximate surface area is 81.9 Å². The van der Waals surface area contributed by atoms with Crippen molar-refractivity contribution in [2.75, 3.05) is 0 Å². The summed E-state index contributed by atoms with van der Waals surface area (Å²) < 4.78 is 5.15. The molecule has 3 rings (SSSR count). The summed E-state index contributed by atoms with van der Waals surface area (Å²) in [6.45, 7) is 0. The highest BCUT2D eigenvalue weighted by Crippen LogP contribution is 2.27. The minimum Gasteiger partial charge on any atom is -0.443 e. The Kier molecular flexibility index (Phi) is 1.57. The SMILES string of the molecule is C(#CC1CC1)c1ccc2ocnc2c1. The maximum absolute atomic E-state index is 5.15. The molecule has 0 unspecified atom stereocenters. The smallest absolute Gasteiger partial charge is 0.181 e. The van der Waals surface area contributed by atoms with Crippen molar-refractivity contribution in [3.05, 3.63) is 30.2 Å². The lowest BCUT2D eigenvalue weighted by Crippen LogP contribution is -1.75. The van der Waals surface area contributed by atoms with Crippen molar-refractivity contribution in [2.45, 2.75) is 12.8 Å². The summed E-state index contributed by atoms with van der Waals surface area (Å²) >= 11 is 0. The van der Waals surface area contributed by atoms with Crippen LogP contribution in [0, 0.1) is 17.8 Å². The summed E-state index contributed by atoms with van der Waals surface area (Å²) in [7, 11) is 0. The first-order chi connectivity index (χ1) is 6.92. The van der Waals surface area contributed by atoms with Crippen molar-refractivity contribution in [1.82, 2.24) is 4.98 Å². The molecule has 68 valence electrons. The minimum absolute atomic E-state index is 0.642. The molecule has 0 amide bonds. The van der Waals surface area contributed by atoms with Crippen molar-refractivity contribution in [3.8, 4) is 11.8 Å². The molecule has 2 nitrogen and oxygen atoms in total. The van der Waals surface area contributed by atoms with E-state index in [1.807, 2.05) is 18.2 Å². The topological polar surface area (TPSA) is 26.0 Å². The van der Waals surface area contributed by atoms with Crippen LogP contribution in [0.2, 0.25) is 0 Å². The number of hydrogen-bond acceptors (Lipinski definition) is 2. The molecule has 0 radical (unpaired) electrons. The Bertz CT molecular complexity index is 526. The van der Waals surface area contributed by atoms with Gasteiger partial charge in [0.2, 0.25) is 0 Å². The summed E-state index contributed by atoms with van der Waals surface area (Å²) in [6.07, 6.45) is 3.99. The highest BCUT2D eigenvalue weighted by Gasteiger charge is 2.17. The first kappa shape index (κ1) is 7.64. The van der Waals surface area contributed by atoms with E-state index in [1.165, 1.54) is 19.2 Å². The summed E-state index contributed by atoms with van der Waals surface area (Å²) in [5.41, 5.74) is 2.73. The molecular weight excluding hydrogens is 174 g/mol. The molecule has 1 fully saturated rings. The summed E-state index contributed by atoms with van der Waals surface area (Å²) in [5, 5.41) is 0. The molecule has 14 heavy (non-hydrogen) atoms. The van der Waals surface area contributed by atoms with Crippen LogP contribution in [-0.2, 0) is 0 Å². The van der Waals surface area contributed by atoms with Gasteiger partial charge in [-0.1, -0.05) is 11.8 Å². The van der Waals surface area contributed by atoms with Gasteiger partial charge in [-0.25, -0.2) is 4.98 Å². The van der Waals surface area contributed by atoms with Crippen LogP contribution in [-0.4, -0.2) is 4.98 Å². The molecule has 1 saturated carbocycles. The monoisotopic (exact) mass is 183 g/mol. The average molecular weight is 183 g/mol. The molecule has 2 heteroatoms. The molecule has 1 aliphatic rings. The van der Waals surface area contributed by atoms with Gasteiger partial charge < -0.3 is 4.42 Å². The van der Waals surface area contributed by atoms with Gasteiger partial charge in [0.25, 0.3) is 0 Å². The molecule has 2 aromatic rings. The number of rotatable bonds is 0. The zero-order valence-electron chi connectivity index (χ0n) is 7.66. The standard InChI is InChI=1S/C12H9NO/c1-2-9(1)3-4-10-5-6-12-11(7-10)13-8-14-12/h5-9H,1-2H2. The Morgan fingerprint density at radius 2 is 2.29 bits per heavy atom. The van der Waals surface area contributed by atoms with Crippen molar-refractivity contribution in [1.29, 1.82) is 0 Å². The van der Waals surface area contributed by atoms with Gasteiger partial charge in [-0.3, -0.25) is 0 Å². The van der Waals surface area contributed by atoms with E-state index < -0.39 is 0 Å². The zero-order chi connectivity index (χ0) is 9.38. The van der Waals surface area contributed by atoms with E-state index in [0.717, 1.165) is 16.7 Å². The van der Waals surface area contributed by atoms with Gasteiger partial charge >= 0.3 is 0 Å². The van der Waals surface area contributed by atoms with Gasteiger partial charge in [-0.15, -0.1) is 0 Å². The molecule has 0 bridgehead atoms. The van der Waals surface area contributed by atoms with E-state index in [-0.39, 0.29) is 0 Å². The van der Waals surface area contributed by atoms with E-state index in [4.69, 9.17) is 4.42 Å². The predicted octanol–water partition coefficient (Wildman–Crippen LogP) is 2.59. The van der Waals surface area contributed by atoms with Crippen molar-refractivity contribution >= 4 is 11.1 Å². The fourth-order valence-electron chi connectivity index (χ4n) is 1.35. The number of oxazole rings is 1. The molecule has 0 spiro atoms. The second kappa shape index (κ2) is 2.88. The minimum atomic E-state index is 0.642. The van der Waals surface area contributed by atoms with Crippen molar-refractivity contribution < 1.29 is 4.42 Å². The highest BCUT2D eigenvalue weighted by atomic mass is 16.3. The number of fused-ring (bicyclic) bond motifs is 1. The lowest BCUT2D eigenvalue weighted by Gasteiger charge is -1.88. The molecule has 0 saturated heterocycles. The third-order valence-corrected chi connectivity index (χ3v) is 2.33. The van der Waals surface area contributed by atoms with Gasteiger partial charge in [0.15, 0.2) is 12.0 Å². The van der Waals surface area contributed by atoms with Gasteiger partial charge in [-0.05, 0) is 31.0 Å². The number of aromatic nitrogens is 1. The van der Waals surface area contributed by atoms with E-state index in [1.54, 1.807) is 0 Å². The van der Waals surface area contributed by atoms with Crippen LogP contribution in [0.25, 0.3) is 11.1 Å². The molecule has 0 N–H and O–H groups in total. The van der Waals surface area contributed by atoms with E-state index >= 15 is 0 Å². The third kappa shape index (κ3) is 1.38. The highest BCUT2D eigenvalue weighted by molar-refractivity contribution is 5.74. The predicted molar refractivity (Wildman–Crippen MR) is 53.6 cm³/mol. The summed E-state index contributed by atoms with van der Waals surface area (Å²) in [6, 6.07) is 5.86. The molecule has 1 aromatic carbocycles. The fraction of sp³-hybridized carbons (Fsp3) is 0.250. The Balaban J connectivity index is 2.01. The Hall–Kier alpha value is -1.75. The number of benzene rings is 1. The van der Waals surface area contributed by atoms with Gasteiger partial charge in [0.1, 0.15) is 5.52 Å². The fourth-order valence-corrected chi connectivity index (χ4v) is 1.35. The summed E-state index contributed by atoms with van der Waals surface area (Å²) in [5.74, 6) is 7.02. The third-order valence-electron chi connectivity index (χ3n) is 2.33. The normalized spacial score (nSPS) is 15.1. The quantitative estimate of drug-likeness (QED) is 0.587. The largest absolute Gasteiger partial charge is 0.443 e. The lowest BCUT2D eigenvalue weighted by atomic mass is 10.2. The zero-order valence-corrected chi connectivity index (χ0v) is 7.66. The molecule has 0 atom stereocenters. The van der Waals surface area contributed by atoms with E-state index in [2.05, 4.69) is 16.8 Å². The molecule has 1 heterocycles. The second-order valence-electron chi connectivity index (χ2n) is 3.58. The number of hydrogen-bond donors (Lipinski definition) is 0. The maximum Gasteiger partial charge on any atom is 0.181 e. The van der Waals surface area contributed by atoms with Gasteiger partial charge in [0, 0.05) is 11.5 Å². The summed E-state index contributed by atoms with van der Waals surface area (Å²) in [4.78, 5) is 4.09. The Morgan fingerprint density at radius 1 is 1.36 bits per heavy atom. The second-order valence-corrected chi connectivity index (χ2v) is 3.58. The van der Waals surface area contributed by atoms with Crippen LogP contribution in [0.3, 0.4) is 0 Å². The van der Waals surface area contributed by atoms with Crippen LogP contribution >= 0.6 is 0 Å². The average Bonchev–Trinajstić information content (AvgIpc) is 2.92. The first-order valence-corrected chi connectivity index (χ1v) is 4.76. The van der Waals surface area contributed by atoms with Crippen LogP contribution < -0.4 is 0 Å². The van der Waals surface area contributed by atoms with Crippen molar-refractivity contribution in [3.63, 3.8) is 0 Å². The van der Waals surface area contributed by atoms with Crippen LogP contribution in [0.5, 0.6) is 0 Å². The van der Waals surface area contributed by atoms with Gasteiger partial charge in [-0.2, -0.15) is 0 Å². The Morgan fingerprint density at radius 3 is 3.14 bits per heavy atom. The molecule has 1 aromatic heterocycles. The first-order valence-electron chi connectivity index (χ1n) is 4.76. The van der Waals surface area contributed by atoms with Gasteiger partial charge in [0.05, 0.1) is 0 Å². The molecule has 1 aliphatic carbocycles. The van der Waals surface area contributed by atoms with E-state index in [9.17, 15) is 0 Å². The van der Waals surface area contributed by atoms with E-state index in [0.29, 0.717) is 5.92 Å². The van der Waals surface area contributed by atoms with Crippen LogP contribution in [0.15, 0.2) is 29.0 Å². The maximum atomic E-state index is 5.15. The molecular formula is C12H9NO. The van der Waals surface area contributed by atoms with Crippen molar-refractivity contribution in [2.24, 2.45) is 5.92 Å². The lowest BCUT2D eigenvalue weighted by molar-refractivity contribution is 0.602. The number of nitrogens with zero attached hydrogens (tertiary/aromatic N) is 1. The van der Waals surface area contributed by atoms with Crippen LogP contribution in [0.4, 0.5) is 0 Å². The molecule has 0 aliphatic heterocycles.